The lowest BCUT2D eigenvalue weighted by atomic mass is 9.93. The smallest absolute Gasteiger partial charge is 0.313 e. The van der Waals surface area contributed by atoms with Gasteiger partial charge in [-0.2, -0.15) is 5.06 Å². The molecule has 2 aliphatic rings. The highest BCUT2D eigenvalue weighted by Gasteiger charge is 2.56. The van der Waals surface area contributed by atoms with Gasteiger partial charge in [-0.3, -0.25) is 9.63 Å². The van der Waals surface area contributed by atoms with Crippen LogP contribution in [0.5, 0.6) is 0 Å². The fraction of sp³-hybridized carbons (Fsp3) is 0.944. The number of hydrogen-bond donors (Lipinski definition) is 0. The second-order valence-corrected chi connectivity index (χ2v) is 13.7. The molecule has 140 valence electrons. The number of esters is 1. The van der Waals surface area contributed by atoms with Crippen molar-refractivity contribution < 1.29 is 18.8 Å². The maximum atomic E-state index is 12.3. The van der Waals surface area contributed by atoms with Crippen LogP contribution < -0.4 is 0 Å². The van der Waals surface area contributed by atoms with Gasteiger partial charge in [-0.25, -0.2) is 0 Å². The molecule has 6 heteroatoms. The van der Waals surface area contributed by atoms with Crippen LogP contribution in [0.2, 0.25) is 16.6 Å². The third-order valence-corrected chi connectivity index (χ3v) is 12.2. The molecule has 0 aromatic carbocycles. The van der Waals surface area contributed by atoms with E-state index in [2.05, 4.69) is 41.5 Å². The second-order valence-electron chi connectivity index (χ2n) is 8.25. The van der Waals surface area contributed by atoms with Gasteiger partial charge in [-0.05, 0) is 30.0 Å². The Morgan fingerprint density at radius 2 is 1.67 bits per heavy atom. The number of nitrogens with zero attached hydrogens (tertiary/aromatic N) is 1. The van der Waals surface area contributed by atoms with Crippen molar-refractivity contribution in [3.63, 3.8) is 0 Å². The van der Waals surface area contributed by atoms with Crippen molar-refractivity contribution in [3.05, 3.63) is 0 Å². The fourth-order valence-electron chi connectivity index (χ4n) is 5.12. The van der Waals surface area contributed by atoms with Crippen LogP contribution in [-0.4, -0.2) is 51.3 Å². The zero-order valence-electron chi connectivity index (χ0n) is 16.5. The molecule has 0 radical (unpaired) electrons. The van der Waals surface area contributed by atoms with Gasteiger partial charge in [0.15, 0.2) is 0 Å². The first-order chi connectivity index (χ1) is 11.2. The van der Waals surface area contributed by atoms with Crippen LogP contribution in [0.25, 0.3) is 0 Å². The molecule has 5 nitrogen and oxygen atoms in total. The molecule has 0 spiro atoms. The van der Waals surface area contributed by atoms with Crippen LogP contribution in [0.3, 0.4) is 0 Å². The molecule has 0 aromatic heterocycles. The highest BCUT2D eigenvalue weighted by atomic mass is 28.4. The molecule has 2 aliphatic heterocycles. The molecule has 0 amide bonds. The molecular weight excluding hydrogens is 322 g/mol. The third kappa shape index (κ3) is 3.18. The summed E-state index contributed by atoms with van der Waals surface area (Å²) >= 11 is 0. The SMILES string of the molecule is COC(=O)[C@@H]1[C@@H]2[C@@H](O[Si](C(C)C)(C(C)C)C(C)C)CCN2O[C@H]1C. The van der Waals surface area contributed by atoms with Gasteiger partial charge in [0.2, 0.25) is 8.32 Å². The van der Waals surface area contributed by atoms with Crippen molar-refractivity contribution in [2.24, 2.45) is 5.92 Å². The minimum Gasteiger partial charge on any atom is -0.469 e. The molecular formula is C18H35NO4Si. The van der Waals surface area contributed by atoms with Gasteiger partial charge in [-0.1, -0.05) is 41.5 Å². The number of methoxy groups -OCH3 is 1. The molecule has 0 bridgehead atoms. The maximum Gasteiger partial charge on any atom is 0.313 e. The summed E-state index contributed by atoms with van der Waals surface area (Å²) in [5.74, 6) is -0.447. The summed E-state index contributed by atoms with van der Waals surface area (Å²) in [6.07, 6.45) is 0.825. The Labute approximate surface area is 148 Å². The van der Waals surface area contributed by atoms with Gasteiger partial charge in [0, 0.05) is 6.54 Å². The number of carbonyl (C=O) groups excluding carboxylic acids is 1. The summed E-state index contributed by atoms with van der Waals surface area (Å²) in [6, 6.07) is -0.0180. The van der Waals surface area contributed by atoms with Crippen LogP contribution in [-0.2, 0) is 18.8 Å². The van der Waals surface area contributed by atoms with Crippen LogP contribution in [0, 0.1) is 5.92 Å². The van der Waals surface area contributed by atoms with E-state index >= 15 is 0 Å². The van der Waals surface area contributed by atoms with E-state index in [1.807, 2.05) is 12.0 Å². The van der Waals surface area contributed by atoms with Crippen LogP contribution >= 0.6 is 0 Å². The van der Waals surface area contributed by atoms with Crippen molar-refractivity contribution in [2.45, 2.75) is 89.8 Å². The average Bonchev–Trinajstić information content (AvgIpc) is 3.00. The lowest BCUT2D eigenvalue weighted by Crippen LogP contribution is -2.53. The summed E-state index contributed by atoms with van der Waals surface area (Å²) in [6.45, 7) is 16.6. The standard InChI is InChI=1S/C18H35NO4Si/c1-11(2)24(12(3)4,13(5)6)23-15-9-10-19-17(15)16(14(7)22-19)18(20)21-8/h11-17H,9-10H2,1-8H3/t14-,15-,16-,17-/m0/s1. The number of hydrogen-bond acceptors (Lipinski definition) is 5. The molecule has 2 rings (SSSR count). The molecule has 4 atom stereocenters. The van der Waals surface area contributed by atoms with Crippen LogP contribution in [0.1, 0.15) is 54.9 Å². The van der Waals surface area contributed by atoms with Gasteiger partial charge >= 0.3 is 5.97 Å². The average molecular weight is 358 g/mol. The van der Waals surface area contributed by atoms with Gasteiger partial charge in [-0.15, -0.1) is 0 Å². The Kier molecular flexibility index (Phi) is 6.16. The molecule has 0 N–H and O–H groups in total. The number of carbonyl (C=O) groups is 1. The molecule has 0 saturated carbocycles. The lowest BCUT2D eigenvalue weighted by Gasteiger charge is -2.45. The first-order valence-corrected chi connectivity index (χ1v) is 11.5. The topological polar surface area (TPSA) is 48.0 Å². The van der Waals surface area contributed by atoms with E-state index in [0.29, 0.717) is 16.6 Å². The van der Waals surface area contributed by atoms with E-state index in [9.17, 15) is 4.79 Å². The van der Waals surface area contributed by atoms with Gasteiger partial charge in [0.25, 0.3) is 0 Å². The summed E-state index contributed by atoms with van der Waals surface area (Å²) in [7, 11) is -0.527. The number of ether oxygens (including phenoxy) is 1. The first kappa shape index (κ1) is 19.9. The van der Waals surface area contributed by atoms with Gasteiger partial charge in [0.05, 0.1) is 25.4 Å². The highest BCUT2D eigenvalue weighted by Crippen LogP contribution is 2.46. The predicted molar refractivity (Wildman–Crippen MR) is 97.1 cm³/mol. The summed E-state index contributed by atoms with van der Waals surface area (Å²) in [5, 5.41) is 1.97. The molecule has 24 heavy (non-hydrogen) atoms. The predicted octanol–water partition coefficient (Wildman–Crippen LogP) is 3.74. The van der Waals surface area contributed by atoms with Crippen molar-refractivity contribution >= 4 is 14.3 Å². The van der Waals surface area contributed by atoms with Crippen molar-refractivity contribution in [3.8, 4) is 0 Å². The Morgan fingerprint density at radius 3 is 2.12 bits per heavy atom. The summed E-state index contributed by atoms with van der Waals surface area (Å²) < 4.78 is 12.0. The number of rotatable bonds is 6. The first-order valence-electron chi connectivity index (χ1n) is 9.35. The Balaban J connectivity index is 2.29. The quantitative estimate of drug-likeness (QED) is 0.535. The Bertz CT molecular complexity index is 433. The van der Waals surface area contributed by atoms with E-state index in [-0.39, 0.29) is 30.1 Å². The number of fused-ring (bicyclic) bond motifs is 1. The van der Waals surface area contributed by atoms with E-state index in [1.54, 1.807) is 0 Å². The minimum atomic E-state index is -1.98. The van der Waals surface area contributed by atoms with E-state index in [0.717, 1.165) is 13.0 Å². The summed E-state index contributed by atoms with van der Waals surface area (Å²) in [5.41, 5.74) is 1.59. The fourth-order valence-corrected chi connectivity index (χ4v) is 10.7. The second kappa shape index (κ2) is 7.44. The van der Waals surface area contributed by atoms with Crippen molar-refractivity contribution in [1.82, 2.24) is 5.06 Å². The maximum absolute atomic E-state index is 12.3. The number of hydroxylamine groups is 2. The zero-order valence-corrected chi connectivity index (χ0v) is 17.5. The highest BCUT2D eigenvalue weighted by molar-refractivity contribution is 6.77. The monoisotopic (exact) mass is 357 g/mol. The van der Waals surface area contributed by atoms with Crippen molar-refractivity contribution in [2.75, 3.05) is 13.7 Å². The largest absolute Gasteiger partial charge is 0.469 e. The van der Waals surface area contributed by atoms with E-state index < -0.39 is 8.32 Å². The van der Waals surface area contributed by atoms with Crippen LogP contribution in [0.15, 0.2) is 0 Å². The van der Waals surface area contributed by atoms with Crippen molar-refractivity contribution in [1.29, 1.82) is 0 Å². The molecule has 2 fully saturated rings. The normalized spacial score (nSPS) is 31.3. The summed E-state index contributed by atoms with van der Waals surface area (Å²) in [4.78, 5) is 18.2. The molecule has 0 unspecified atom stereocenters. The molecule has 0 aliphatic carbocycles. The molecule has 0 aromatic rings. The molecule has 2 heterocycles. The zero-order chi connectivity index (χ0) is 18.2. The van der Waals surface area contributed by atoms with Crippen LogP contribution in [0.4, 0.5) is 0 Å². The minimum absolute atomic E-state index is 0.0180. The Hall–Kier alpha value is -0.433. The van der Waals surface area contributed by atoms with E-state index in [4.69, 9.17) is 14.0 Å². The third-order valence-electron chi connectivity index (χ3n) is 6.06. The lowest BCUT2D eigenvalue weighted by molar-refractivity contribution is -0.151. The Morgan fingerprint density at radius 1 is 1.12 bits per heavy atom. The van der Waals surface area contributed by atoms with Gasteiger partial charge in [0.1, 0.15) is 5.92 Å². The molecule has 2 saturated heterocycles. The van der Waals surface area contributed by atoms with E-state index in [1.165, 1.54) is 7.11 Å². The van der Waals surface area contributed by atoms with Gasteiger partial charge < -0.3 is 9.16 Å².